The standard InChI is InChI=1S/C16H26N2O3/c1-11(2)18(15(19)21-16(3,4)5)10-12-9-13(17)7-8-14(12)20-6/h7-9,11,14,17H,10H2,1-6H3. The molecule has 1 aliphatic carbocycles. The maximum absolute atomic E-state index is 12.3. The summed E-state index contributed by atoms with van der Waals surface area (Å²) in [6.45, 7) is 9.81. The predicted molar refractivity (Wildman–Crippen MR) is 83.8 cm³/mol. The van der Waals surface area contributed by atoms with Crippen molar-refractivity contribution in [3.8, 4) is 0 Å². The highest BCUT2D eigenvalue weighted by molar-refractivity contribution is 6.03. The van der Waals surface area contributed by atoms with Crippen LogP contribution < -0.4 is 0 Å². The molecule has 1 aliphatic rings. The molecule has 0 aromatic carbocycles. The molecule has 0 fully saturated rings. The van der Waals surface area contributed by atoms with Gasteiger partial charge >= 0.3 is 6.09 Å². The number of carbonyl (C=O) groups excluding carboxylic acids is 1. The van der Waals surface area contributed by atoms with Crippen LogP contribution in [0.5, 0.6) is 0 Å². The van der Waals surface area contributed by atoms with E-state index in [0.717, 1.165) is 5.57 Å². The normalized spacial score (nSPS) is 18.7. The Hall–Kier alpha value is -1.62. The molecule has 1 amide bonds. The summed E-state index contributed by atoms with van der Waals surface area (Å²) in [5, 5.41) is 7.73. The molecule has 0 aliphatic heterocycles. The summed E-state index contributed by atoms with van der Waals surface area (Å²) in [5.41, 5.74) is 0.758. The Bertz CT molecular complexity index is 459. The van der Waals surface area contributed by atoms with Gasteiger partial charge in [-0.2, -0.15) is 0 Å². The van der Waals surface area contributed by atoms with E-state index in [-0.39, 0.29) is 18.2 Å². The lowest BCUT2D eigenvalue weighted by atomic mass is 10.0. The summed E-state index contributed by atoms with van der Waals surface area (Å²) in [6, 6.07) is -0.00153. The molecule has 5 heteroatoms. The fourth-order valence-electron chi connectivity index (χ4n) is 1.99. The quantitative estimate of drug-likeness (QED) is 0.866. The molecule has 0 aromatic heterocycles. The van der Waals surface area contributed by atoms with Crippen LogP contribution in [-0.4, -0.2) is 48.1 Å². The van der Waals surface area contributed by atoms with Gasteiger partial charge in [-0.3, -0.25) is 0 Å². The van der Waals surface area contributed by atoms with Crippen LogP contribution in [0.2, 0.25) is 0 Å². The monoisotopic (exact) mass is 294 g/mol. The molecule has 0 radical (unpaired) electrons. The molecule has 0 saturated heterocycles. The highest BCUT2D eigenvalue weighted by atomic mass is 16.6. The zero-order valence-corrected chi connectivity index (χ0v) is 13.8. The molecule has 1 N–H and O–H groups in total. The van der Waals surface area contributed by atoms with Crippen LogP contribution in [0.4, 0.5) is 4.79 Å². The first-order valence-corrected chi connectivity index (χ1v) is 7.13. The second kappa shape index (κ2) is 6.89. The average Bonchev–Trinajstić information content (AvgIpc) is 2.33. The number of hydrogen-bond acceptors (Lipinski definition) is 4. The molecule has 0 spiro atoms. The summed E-state index contributed by atoms with van der Waals surface area (Å²) >= 11 is 0. The van der Waals surface area contributed by atoms with Gasteiger partial charge in [0.2, 0.25) is 0 Å². The van der Waals surface area contributed by atoms with E-state index in [9.17, 15) is 4.79 Å². The number of ether oxygens (including phenoxy) is 2. The first-order valence-electron chi connectivity index (χ1n) is 7.13. The smallest absolute Gasteiger partial charge is 0.410 e. The molecule has 0 aromatic rings. The Morgan fingerprint density at radius 2 is 2.05 bits per heavy atom. The minimum Gasteiger partial charge on any atom is -0.444 e. The van der Waals surface area contributed by atoms with E-state index in [4.69, 9.17) is 14.9 Å². The minimum atomic E-state index is -0.529. The Kier molecular flexibility index (Phi) is 5.72. The lowest BCUT2D eigenvalue weighted by Crippen LogP contribution is -2.43. The first-order chi connectivity index (χ1) is 9.64. The van der Waals surface area contributed by atoms with Crippen molar-refractivity contribution in [3.05, 3.63) is 23.8 Å². The van der Waals surface area contributed by atoms with Crippen molar-refractivity contribution in [1.82, 2.24) is 4.90 Å². The van der Waals surface area contributed by atoms with Crippen molar-refractivity contribution >= 4 is 11.8 Å². The first kappa shape index (κ1) is 17.4. The second-order valence-electron chi connectivity index (χ2n) is 6.39. The number of methoxy groups -OCH3 is 1. The summed E-state index contributed by atoms with van der Waals surface area (Å²) in [4.78, 5) is 14.0. The van der Waals surface area contributed by atoms with Gasteiger partial charge in [0, 0.05) is 19.7 Å². The number of carbonyl (C=O) groups is 1. The van der Waals surface area contributed by atoms with Crippen LogP contribution in [-0.2, 0) is 9.47 Å². The van der Waals surface area contributed by atoms with Gasteiger partial charge in [0.25, 0.3) is 0 Å². The van der Waals surface area contributed by atoms with Crippen LogP contribution >= 0.6 is 0 Å². The van der Waals surface area contributed by atoms with E-state index in [1.165, 1.54) is 0 Å². The van der Waals surface area contributed by atoms with Crippen molar-refractivity contribution in [1.29, 1.82) is 5.41 Å². The van der Waals surface area contributed by atoms with E-state index in [0.29, 0.717) is 12.3 Å². The third-order valence-electron chi connectivity index (χ3n) is 3.02. The number of allylic oxidation sites excluding steroid dienone is 2. The van der Waals surface area contributed by atoms with Gasteiger partial charge in [0.1, 0.15) is 5.60 Å². The molecule has 0 bridgehead atoms. The van der Waals surface area contributed by atoms with Gasteiger partial charge in [-0.05, 0) is 58.4 Å². The van der Waals surface area contributed by atoms with E-state index in [1.807, 2.05) is 40.7 Å². The fourth-order valence-corrected chi connectivity index (χ4v) is 1.99. The number of rotatable bonds is 4. The third-order valence-corrected chi connectivity index (χ3v) is 3.02. The third kappa shape index (κ3) is 5.34. The average molecular weight is 294 g/mol. The van der Waals surface area contributed by atoms with Gasteiger partial charge in [0.15, 0.2) is 0 Å². The van der Waals surface area contributed by atoms with Crippen molar-refractivity contribution in [3.63, 3.8) is 0 Å². The summed E-state index contributed by atoms with van der Waals surface area (Å²) < 4.78 is 10.8. The largest absolute Gasteiger partial charge is 0.444 e. The molecule has 0 heterocycles. The topological polar surface area (TPSA) is 62.6 Å². The molecule has 118 valence electrons. The van der Waals surface area contributed by atoms with Crippen LogP contribution in [0.15, 0.2) is 23.8 Å². The highest BCUT2D eigenvalue weighted by Gasteiger charge is 2.27. The highest BCUT2D eigenvalue weighted by Crippen LogP contribution is 2.18. The minimum absolute atomic E-state index is 0.00153. The Balaban J connectivity index is 2.88. The van der Waals surface area contributed by atoms with Gasteiger partial charge < -0.3 is 19.8 Å². The van der Waals surface area contributed by atoms with Crippen molar-refractivity contribution in [2.75, 3.05) is 13.7 Å². The molecule has 1 atom stereocenters. The Morgan fingerprint density at radius 1 is 1.43 bits per heavy atom. The maximum atomic E-state index is 12.3. The number of nitrogens with one attached hydrogen (secondary N) is 1. The summed E-state index contributed by atoms with van der Waals surface area (Å²) in [6.07, 6.45) is 4.71. The van der Waals surface area contributed by atoms with Crippen molar-refractivity contribution in [2.24, 2.45) is 0 Å². The van der Waals surface area contributed by atoms with E-state index in [2.05, 4.69) is 0 Å². The summed E-state index contributed by atoms with van der Waals surface area (Å²) in [7, 11) is 1.62. The predicted octanol–water partition coefficient (Wildman–Crippen LogP) is 3.16. The summed E-state index contributed by atoms with van der Waals surface area (Å²) in [5.74, 6) is 0. The molecule has 5 nitrogen and oxygen atoms in total. The van der Waals surface area contributed by atoms with Crippen LogP contribution in [0.3, 0.4) is 0 Å². The molecular formula is C16H26N2O3. The van der Waals surface area contributed by atoms with E-state index < -0.39 is 5.60 Å². The van der Waals surface area contributed by atoms with Crippen LogP contribution in [0.1, 0.15) is 34.6 Å². The van der Waals surface area contributed by atoms with Gasteiger partial charge in [-0.25, -0.2) is 4.79 Å². The molecule has 0 saturated carbocycles. The molecule has 1 unspecified atom stereocenters. The lowest BCUT2D eigenvalue weighted by molar-refractivity contribution is 0.0199. The SMILES string of the molecule is COC1C=CC(=N)C=C1CN(C(=O)OC(C)(C)C)C(C)C. The fraction of sp³-hybridized carbons (Fsp3) is 0.625. The Labute approximate surface area is 127 Å². The van der Waals surface area contributed by atoms with Gasteiger partial charge in [-0.1, -0.05) is 0 Å². The lowest BCUT2D eigenvalue weighted by Gasteiger charge is -2.32. The van der Waals surface area contributed by atoms with Crippen LogP contribution in [0.25, 0.3) is 0 Å². The number of nitrogens with zero attached hydrogens (tertiary/aromatic N) is 1. The van der Waals surface area contributed by atoms with Gasteiger partial charge in [-0.15, -0.1) is 0 Å². The zero-order chi connectivity index (χ0) is 16.2. The zero-order valence-electron chi connectivity index (χ0n) is 13.8. The van der Waals surface area contributed by atoms with E-state index >= 15 is 0 Å². The number of hydrogen-bond donors (Lipinski definition) is 1. The van der Waals surface area contributed by atoms with Crippen molar-refractivity contribution < 1.29 is 14.3 Å². The van der Waals surface area contributed by atoms with Crippen molar-refractivity contribution in [2.45, 2.75) is 52.4 Å². The second-order valence-corrected chi connectivity index (χ2v) is 6.39. The van der Waals surface area contributed by atoms with Crippen LogP contribution in [0, 0.1) is 5.41 Å². The van der Waals surface area contributed by atoms with E-state index in [1.54, 1.807) is 24.2 Å². The maximum Gasteiger partial charge on any atom is 0.410 e. The molecule has 21 heavy (non-hydrogen) atoms. The molecule has 1 rings (SSSR count). The molecular weight excluding hydrogens is 268 g/mol. The Morgan fingerprint density at radius 3 is 2.52 bits per heavy atom. The van der Waals surface area contributed by atoms with Gasteiger partial charge in [0.05, 0.1) is 11.8 Å². The number of amides is 1.